The number of hydrogen-bond donors (Lipinski definition) is 3. The highest BCUT2D eigenvalue weighted by molar-refractivity contribution is 7.46. The molecule has 0 bridgehead atoms. The van der Waals surface area contributed by atoms with Crippen LogP contribution in [0.4, 0.5) is 0 Å². The lowest BCUT2D eigenvalue weighted by molar-refractivity contribution is -0.109. The van der Waals surface area contributed by atoms with Gasteiger partial charge in [0, 0.05) is 25.1 Å². The molecule has 1 heterocycles. The maximum Gasteiger partial charge on any atom is 0.524 e. The molecule has 1 amide bonds. The fraction of sp³-hybridized carbons (Fsp3) is 0.273. The molecule has 0 aliphatic heterocycles. The zero-order chi connectivity index (χ0) is 25.4. The van der Waals surface area contributed by atoms with E-state index in [4.69, 9.17) is 24.0 Å². The Morgan fingerprint density at radius 3 is 2.29 bits per heavy atom. The van der Waals surface area contributed by atoms with Crippen LogP contribution in [0.5, 0.6) is 23.1 Å². The van der Waals surface area contributed by atoms with Crippen LogP contribution in [0.3, 0.4) is 0 Å². The fourth-order valence-electron chi connectivity index (χ4n) is 3.23. The molecule has 12 nitrogen and oxygen atoms in total. The minimum atomic E-state index is -4.80. The van der Waals surface area contributed by atoms with Gasteiger partial charge in [0.05, 0.1) is 30.8 Å². The van der Waals surface area contributed by atoms with Gasteiger partial charge in [-0.05, 0) is 18.6 Å². The number of phosphoric acid groups is 1. The first-order valence-electron chi connectivity index (χ1n) is 10.4. The molecule has 35 heavy (non-hydrogen) atoms. The van der Waals surface area contributed by atoms with E-state index in [1.807, 2.05) is 0 Å². The molecule has 186 valence electrons. The van der Waals surface area contributed by atoms with Gasteiger partial charge < -0.3 is 24.1 Å². The highest BCUT2D eigenvalue weighted by Crippen LogP contribution is 2.42. The minimum absolute atomic E-state index is 0.00306. The summed E-state index contributed by atoms with van der Waals surface area (Å²) in [6.07, 6.45) is 1.09. The van der Waals surface area contributed by atoms with Gasteiger partial charge in [0.25, 0.3) is 0 Å². The molecular weight excluding hydrogens is 481 g/mol. The molecule has 3 rings (SSSR count). The van der Waals surface area contributed by atoms with Crippen LogP contribution < -0.4 is 24.1 Å². The number of Topliss-reactive ketones (excluding diaryl/α,β-unsaturated/α-hetero) is 1. The van der Waals surface area contributed by atoms with Crippen molar-refractivity contribution < 1.29 is 42.7 Å². The number of carbonyl (C=O) groups excluding carboxylic acids is 2. The number of rotatable bonds is 13. The summed E-state index contributed by atoms with van der Waals surface area (Å²) >= 11 is 0. The standard InChI is InChI=1S/C22H24N3O9P/c1-31-19-10-14(34-35(28,29)30)11-20(32-2)15(19)12-33-22-21(18(27)8-5-9-23-13-26)24-16-6-3-4-7-17(16)25-22/h3-4,6-7,10-11,13H,5,8-9,12H2,1-2H3,(H,23,26)(H2,28,29,30). The molecule has 0 saturated carbocycles. The number of ketones is 1. The number of nitrogens with one attached hydrogen (secondary N) is 1. The first-order chi connectivity index (χ1) is 16.8. The van der Waals surface area contributed by atoms with E-state index in [1.54, 1.807) is 24.3 Å². The lowest BCUT2D eigenvalue weighted by Crippen LogP contribution is -2.15. The van der Waals surface area contributed by atoms with Crippen molar-refractivity contribution in [2.75, 3.05) is 20.8 Å². The summed E-state index contributed by atoms with van der Waals surface area (Å²) in [6, 6.07) is 9.56. The lowest BCUT2D eigenvalue weighted by Gasteiger charge is -2.17. The Bertz CT molecular complexity index is 1240. The number of fused-ring (bicyclic) bond motifs is 1. The van der Waals surface area contributed by atoms with Crippen molar-refractivity contribution in [1.82, 2.24) is 15.3 Å². The molecule has 0 aliphatic rings. The Balaban J connectivity index is 1.93. The largest absolute Gasteiger partial charge is 0.524 e. The summed E-state index contributed by atoms with van der Waals surface area (Å²) in [6.45, 7) is 0.173. The second kappa shape index (κ2) is 11.6. The van der Waals surface area contributed by atoms with Crippen molar-refractivity contribution in [3.63, 3.8) is 0 Å². The third-order valence-electron chi connectivity index (χ3n) is 4.77. The average molecular weight is 505 g/mol. The highest BCUT2D eigenvalue weighted by Gasteiger charge is 2.22. The maximum absolute atomic E-state index is 12.9. The predicted octanol–water partition coefficient (Wildman–Crippen LogP) is 2.41. The second-order valence-corrected chi connectivity index (χ2v) is 8.31. The summed E-state index contributed by atoms with van der Waals surface area (Å²) in [4.78, 5) is 50.4. The minimum Gasteiger partial charge on any atom is -0.496 e. The SMILES string of the molecule is COc1cc(OP(=O)(O)O)cc(OC)c1COc1nc2ccccc2nc1C(=O)CCCNC=O. The normalized spacial score (nSPS) is 11.1. The van der Waals surface area contributed by atoms with Gasteiger partial charge in [-0.2, -0.15) is 0 Å². The number of carbonyl (C=O) groups is 2. The van der Waals surface area contributed by atoms with E-state index in [-0.39, 0.29) is 47.6 Å². The molecule has 1 aromatic heterocycles. The second-order valence-electron chi connectivity index (χ2n) is 7.14. The highest BCUT2D eigenvalue weighted by atomic mass is 31.2. The number of benzene rings is 2. The number of methoxy groups -OCH3 is 2. The van der Waals surface area contributed by atoms with E-state index < -0.39 is 7.82 Å². The Kier molecular flexibility index (Phi) is 8.58. The van der Waals surface area contributed by atoms with E-state index in [2.05, 4.69) is 19.8 Å². The third-order valence-corrected chi connectivity index (χ3v) is 5.22. The average Bonchev–Trinajstić information content (AvgIpc) is 2.83. The zero-order valence-corrected chi connectivity index (χ0v) is 19.9. The van der Waals surface area contributed by atoms with Crippen molar-refractivity contribution in [2.45, 2.75) is 19.4 Å². The Hall–Kier alpha value is -3.73. The van der Waals surface area contributed by atoms with Crippen LogP contribution in [-0.4, -0.2) is 52.7 Å². The van der Waals surface area contributed by atoms with Crippen LogP contribution in [0.25, 0.3) is 11.0 Å². The Labute approximate surface area is 200 Å². The number of amides is 1. The van der Waals surface area contributed by atoms with Gasteiger partial charge >= 0.3 is 7.82 Å². The van der Waals surface area contributed by atoms with Gasteiger partial charge in [-0.15, -0.1) is 0 Å². The molecule has 3 aromatic rings. The number of phosphoric ester groups is 1. The number of para-hydroxylation sites is 2. The number of ether oxygens (including phenoxy) is 3. The molecule has 0 atom stereocenters. The van der Waals surface area contributed by atoms with Crippen molar-refractivity contribution in [2.24, 2.45) is 0 Å². The number of nitrogens with zero attached hydrogens (tertiary/aromatic N) is 2. The molecule has 0 aliphatic carbocycles. The van der Waals surface area contributed by atoms with E-state index in [0.717, 1.165) is 0 Å². The van der Waals surface area contributed by atoms with Crippen molar-refractivity contribution >= 4 is 31.0 Å². The fourth-order valence-corrected chi connectivity index (χ4v) is 3.61. The summed E-state index contributed by atoms with van der Waals surface area (Å²) in [5.74, 6) is -0.128. The molecule has 0 radical (unpaired) electrons. The van der Waals surface area contributed by atoms with Crippen molar-refractivity contribution in [3.8, 4) is 23.1 Å². The monoisotopic (exact) mass is 505 g/mol. The summed E-state index contributed by atoms with van der Waals surface area (Å²) in [7, 11) is -2.09. The summed E-state index contributed by atoms with van der Waals surface area (Å²) in [5, 5.41) is 2.50. The van der Waals surface area contributed by atoms with Crippen LogP contribution in [0.15, 0.2) is 36.4 Å². The van der Waals surface area contributed by atoms with Crippen LogP contribution in [-0.2, 0) is 16.0 Å². The van der Waals surface area contributed by atoms with Gasteiger partial charge in [-0.1, -0.05) is 12.1 Å². The quantitative estimate of drug-likeness (QED) is 0.135. The Morgan fingerprint density at radius 1 is 1.09 bits per heavy atom. The molecule has 2 aromatic carbocycles. The smallest absolute Gasteiger partial charge is 0.496 e. The first kappa shape index (κ1) is 25.9. The van der Waals surface area contributed by atoms with Gasteiger partial charge in [-0.25, -0.2) is 14.5 Å². The van der Waals surface area contributed by atoms with Crippen LogP contribution in [0.1, 0.15) is 28.9 Å². The van der Waals surface area contributed by atoms with Gasteiger partial charge in [0.2, 0.25) is 12.3 Å². The van der Waals surface area contributed by atoms with E-state index >= 15 is 0 Å². The van der Waals surface area contributed by atoms with Crippen LogP contribution in [0, 0.1) is 0 Å². The van der Waals surface area contributed by atoms with Crippen LogP contribution >= 0.6 is 7.82 Å². The molecule has 3 N–H and O–H groups in total. The first-order valence-corrected chi connectivity index (χ1v) is 11.9. The Morgan fingerprint density at radius 2 is 1.71 bits per heavy atom. The van der Waals surface area contributed by atoms with E-state index in [9.17, 15) is 14.2 Å². The van der Waals surface area contributed by atoms with Crippen molar-refractivity contribution in [1.29, 1.82) is 0 Å². The van der Waals surface area contributed by atoms with Crippen molar-refractivity contribution in [3.05, 3.63) is 47.7 Å². The van der Waals surface area contributed by atoms with E-state index in [1.165, 1.54) is 26.4 Å². The van der Waals surface area contributed by atoms with Gasteiger partial charge in [-0.3, -0.25) is 19.4 Å². The van der Waals surface area contributed by atoms with Gasteiger partial charge in [0.1, 0.15) is 23.9 Å². The van der Waals surface area contributed by atoms with Gasteiger partial charge in [0.15, 0.2) is 11.5 Å². The van der Waals surface area contributed by atoms with Crippen LogP contribution in [0.2, 0.25) is 0 Å². The van der Waals surface area contributed by atoms with E-state index in [0.29, 0.717) is 36.0 Å². The molecule has 0 unspecified atom stereocenters. The molecule has 0 spiro atoms. The molecular formula is C22H24N3O9P. The summed E-state index contributed by atoms with van der Waals surface area (Å²) in [5.41, 5.74) is 1.46. The topological polar surface area (TPSA) is 166 Å². The molecule has 13 heteroatoms. The number of aromatic nitrogens is 2. The maximum atomic E-state index is 12.9. The zero-order valence-electron chi connectivity index (χ0n) is 19.0. The third kappa shape index (κ3) is 6.89. The summed E-state index contributed by atoms with van der Waals surface area (Å²) < 4.78 is 32.4. The molecule has 0 saturated heterocycles. The number of hydrogen-bond acceptors (Lipinski definition) is 9. The predicted molar refractivity (Wildman–Crippen MR) is 124 cm³/mol. The lowest BCUT2D eigenvalue weighted by atomic mass is 10.1. The molecule has 0 fully saturated rings.